The first-order chi connectivity index (χ1) is 9.25. The van der Waals surface area contributed by atoms with Crippen molar-refractivity contribution in [1.29, 1.82) is 0 Å². The normalized spacial score (nSPS) is 16.8. The minimum absolute atomic E-state index is 0.236. The molecule has 0 atom stereocenters. The highest BCUT2D eigenvalue weighted by molar-refractivity contribution is 5.33. The Morgan fingerprint density at radius 3 is 2.63 bits per heavy atom. The molecule has 0 aliphatic heterocycles. The highest BCUT2D eigenvalue weighted by atomic mass is 16.5. The predicted octanol–water partition coefficient (Wildman–Crippen LogP) is 4.14. The van der Waals surface area contributed by atoms with Crippen LogP contribution in [0.3, 0.4) is 0 Å². The van der Waals surface area contributed by atoms with Gasteiger partial charge in [0.25, 0.3) is 0 Å². The second kappa shape index (κ2) is 7.54. The molecule has 2 rings (SSSR count). The lowest BCUT2D eigenvalue weighted by Crippen LogP contribution is -2.24. The van der Waals surface area contributed by atoms with Crippen molar-refractivity contribution in [2.24, 2.45) is 5.92 Å². The van der Waals surface area contributed by atoms with E-state index in [1.165, 1.54) is 37.7 Å². The van der Waals surface area contributed by atoms with Crippen LogP contribution in [0.5, 0.6) is 5.75 Å². The van der Waals surface area contributed by atoms with Crippen molar-refractivity contribution in [3.63, 3.8) is 0 Å². The maximum Gasteiger partial charge on any atom is 0.124 e. The molecule has 106 valence electrons. The Morgan fingerprint density at radius 2 is 1.89 bits per heavy atom. The lowest BCUT2D eigenvalue weighted by molar-refractivity contribution is 0.239. The Morgan fingerprint density at radius 1 is 1.16 bits per heavy atom. The molecule has 0 aromatic heterocycles. The fraction of sp³-hybridized carbons (Fsp3) is 0.647. The van der Waals surface area contributed by atoms with Gasteiger partial charge in [0.1, 0.15) is 5.75 Å². The van der Waals surface area contributed by atoms with E-state index in [9.17, 15) is 0 Å². The summed E-state index contributed by atoms with van der Waals surface area (Å²) < 4.78 is 5.85. The van der Waals surface area contributed by atoms with Crippen LogP contribution in [0.2, 0.25) is 0 Å². The summed E-state index contributed by atoms with van der Waals surface area (Å²) in [5.74, 6) is 1.90. The molecule has 0 unspecified atom stereocenters. The van der Waals surface area contributed by atoms with E-state index in [1.54, 1.807) is 0 Å². The Labute approximate surface area is 117 Å². The molecule has 2 nitrogen and oxygen atoms in total. The average molecular weight is 261 g/mol. The van der Waals surface area contributed by atoms with Gasteiger partial charge in [0.2, 0.25) is 0 Å². The van der Waals surface area contributed by atoms with Crippen molar-refractivity contribution < 1.29 is 4.74 Å². The number of hydrogen-bond donors (Lipinski definition) is 1. The largest absolute Gasteiger partial charge is 0.491 e. The van der Waals surface area contributed by atoms with E-state index in [0.29, 0.717) is 0 Å². The standard InChI is InChI=1S/C17H27NO/c1-14(2)19-17-11-7-6-10-16(17)13-18-12-15-8-4-3-5-9-15/h6-7,10-11,14-15,18H,3-5,8-9,12-13H2,1-2H3. The third-order valence-corrected chi connectivity index (χ3v) is 3.81. The zero-order chi connectivity index (χ0) is 13.5. The SMILES string of the molecule is CC(C)Oc1ccccc1CNCC1CCCCC1. The van der Waals surface area contributed by atoms with Gasteiger partial charge < -0.3 is 10.1 Å². The third-order valence-electron chi connectivity index (χ3n) is 3.81. The molecule has 1 N–H and O–H groups in total. The van der Waals surface area contributed by atoms with E-state index in [0.717, 1.165) is 24.8 Å². The minimum atomic E-state index is 0.236. The molecule has 0 amide bonds. The van der Waals surface area contributed by atoms with Crippen LogP contribution in [0.4, 0.5) is 0 Å². The second-order valence-electron chi connectivity index (χ2n) is 5.91. The van der Waals surface area contributed by atoms with Crippen molar-refractivity contribution in [3.8, 4) is 5.75 Å². The van der Waals surface area contributed by atoms with Gasteiger partial charge in [-0.3, -0.25) is 0 Å². The molecular weight excluding hydrogens is 234 g/mol. The number of hydrogen-bond acceptors (Lipinski definition) is 2. The van der Waals surface area contributed by atoms with Crippen LogP contribution in [-0.2, 0) is 6.54 Å². The number of para-hydroxylation sites is 1. The molecule has 1 saturated carbocycles. The molecule has 1 aromatic rings. The molecule has 0 heterocycles. The molecule has 0 saturated heterocycles. The lowest BCUT2D eigenvalue weighted by atomic mass is 9.89. The third kappa shape index (κ3) is 4.87. The summed E-state index contributed by atoms with van der Waals surface area (Å²) in [5, 5.41) is 3.61. The van der Waals surface area contributed by atoms with Gasteiger partial charge in [0.05, 0.1) is 6.10 Å². The molecule has 1 aliphatic carbocycles. The molecule has 2 heteroatoms. The number of nitrogens with one attached hydrogen (secondary N) is 1. The molecule has 1 aromatic carbocycles. The van der Waals surface area contributed by atoms with Crippen molar-refractivity contribution in [2.45, 2.75) is 58.6 Å². The molecule has 0 radical (unpaired) electrons. The minimum Gasteiger partial charge on any atom is -0.491 e. The van der Waals surface area contributed by atoms with Crippen LogP contribution in [0, 0.1) is 5.92 Å². The Kier molecular flexibility index (Phi) is 5.71. The molecule has 0 spiro atoms. The summed E-state index contributed by atoms with van der Waals surface area (Å²) in [6.45, 7) is 6.22. The van der Waals surface area contributed by atoms with Crippen LogP contribution in [0.15, 0.2) is 24.3 Å². The van der Waals surface area contributed by atoms with E-state index in [1.807, 2.05) is 6.07 Å². The maximum atomic E-state index is 5.85. The second-order valence-corrected chi connectivity index (χ2v) is 5.91. The summed E-state index contributed by atoms with van der Waals surface area (Å²) in [6.07, 6.45) is 7.30. The highest BCUT2D eigenvalue weighted by Crippen LogP contribution is 2.23. The molecule has 0 bridgehead atoms. The van der Waals surface area contributed by atoms with Crippen molar-refractivity contribution in [3.05, 3.63) is 29.8 Å². The lowest BCUT2D eigenvalue weighted by Gasteiger charge is -2.22. The first kappa shape index (κ1) is 14.4. The first-order valence-electron chi connectivity index (χ1n) is 7.71. The van der Waals surface area contributed by atoms with Gasteiger partial charge >= 0.3 is 0 Å². The Balaban J connectivity index is 1.81. The van der Waals surface area contributed by atoms with Gasteiger partial charge in [-0.2, -0.15) is 0 Å². The van der Waals surface area contributed by atoms with Crippen LogP contribution >= 0.6 is 0 Å². The van der Waals surface area contributed by atoms with Gasteiger partial charge in [-0.05, 0) is 45.2 Å². The summed E-state index contributed by atoms with van der Waals surface area (Å²) in [4.78, 5) is 0. The summed E-state index contributed by atoms with van der Waals surface area (Å²) in [5.41, 5.74) is 1.27. The first-order valence-corrected chi connectivity index (χ1v) is 7.71. The molecule has 1 fully saturated rings. The van der Waals surface area contributed by atoms with Crippen LogP contribution in [0.25, 0.3) is 0 Å². The quantitative estimate of drug-likeness (QED) is 0.831. The maximum absolute atomic E-state index is 5.85. The summed E-state index contributed by atoms with van der Waals surface area (Å²) in [6, 6.07) is 8.36. The van der Waals surface area contributed by atoms with Crippen molar-refractivity contribution >= 4 is 0 Å². The zero-order valence-electron chi connectivity index (χ0n) is 12.3. The Bertz CT molecular complexity index is 369. The zero-order valence-corrected chi connectivity index (χ0v) is 12.3. The highest BCUT2D eigenvalue weighted by Gasteiger charge is 2.13. The molecule has 1 aliphatic rings. The topological polar surface area (TPSA) is 21.3 Å². The average Bonchev–Trinajstić information content (AvgIpc) is 2.41. The smallest absolute Gasteiger partial charge is 0.124 e. The van der Waals surface area contributed by atoms with Crippen LogP contribution < -0.4 is 10.1 Å². The summed E-state index contributed by atoms with van der Waals surface area (Å²) >= 11 is 0. The Hall–Kier alpha value is -1.02. The summed E-state index contributed by atoms with van der Waals surface area (Å²) in [7, 11) is 0. The van der Waals surface area contributed by atoms with E-state index < -0.39 is 0 Å². The van der Waals surface area contributed by atoms with Gasteiger partial charge in [-0.1, -0.05) is 37.5 Å². The monoisotopic (exact) mass is 261 g/mol. The van der Waals surface area contributed by atoms with E-state index in [4.69, 9.17) is 4.74 Å². The van der Waals surface area contributed by atoms with E-state index in [2.05, 4.69) is 37.4 Å². The van der Waals surface area contributed by atoms with Crippen LogP contribution in [-0.4, -0.2) is 12.6 Å². The van der Waals surface area contributed by atoms with Crippen molar-refractivity contribution in [2.75, 3.05) is 6.54 Å². The van der Waals surface area contributed by atoms with Gasteiger partial charge in [-0.25, -0.2) is 0 Å². The molecule has 19 heavy (non-hydrogen) atoms. The number of rotatable bonds is 6. The number of ether oxygens (including phenoxy) is 1. The van der Waals surface area contributed by atoms with Gasteiger partial charge in [0.15, 0.2) is 0 Å². The fourth-order valence-corrected chi connectivity index (χ4v) is 2.82. The van der Waals surface area contributed by atoms with Gasteiger partial charge in [-0.15, -0.1) is 0 Å². The van der Waals surface area contributed by atoms with E-state index >= 15 is 0 Å². The van der Waals surface area contributed by atoms with Crippen LogP contribution in [0.1, 0.15) is 51.5 Å². The van der Waals surface area contributed by atoms with Crippen molar-refractivity contribution in [1.82, 2.24) is 5.32 Å². The molecular formula is C17H27NO. The number of benzene rings is 1. The van der Waals surface area contributed by atoms with Gasteiger partial charge in [0, 0.05) is 12.1 Å². The van der Waals surface area contributed by atoms with E-state index in [-0.39, 0.29) is 6.10 Å². The predicted molar refractivity (Wildman–Crippen MR) is 80.5 cm³/mol. The fourth-order valence-electron chi connectivity index (χ4n) is 2.82.